The van der Waals surface area contributed by atoms with Crippen LogP contribution >= 0.6 is 22.6 Å². The van der Waals surface area contributed by atoms with Crippen molar-refractivity contribution < 1.29 is 80.7 Å². The number of carbonyl (C=O) groups excluding carboxylic acids is 3. The molecule has 1 amide bonds. The summed E-state index contributed by atoms with van der Waals surface area (Å²) in [5.41, 5.74) is 5.15. The van der Waals surface area contributed by atoms with E-state index in [4.69, 9.17) is 66.3 Å². The van der Waals surface area contributed by atoms with Gasteiger partial charge in [-0.15, -0.1) is 0 Å². The van der Waals surface area contributed by atoms with E-state index in [-0.39, 0.29) is 39.5 Å². The van der Waals surface area contributed by atoms with E-state index >= 15 is 0 Å². The number of nitrogens with one attached hydrogen (secondary N) is 1. The minimum absolute atomic E-state index is 0.151. The molecule has 0 fully saturated rings. The van der Waals surface area contributed by atoms with E-state index < -0.39 is 11.9 Å². The number of nitrogens with zero attached hydrogens (tertiary/aromatic N) is 4. The number of fused-ring (bicyclic) bond motifs is 14. The van der Waals surface area contributed by atoms with Gasteiger partial charge < -0.3 is 76.5 Å². The van der Waals surface area contributed by atoms with Gasteiger partial charge in [0.25, 0.3) is 5.91 Å². The number of esters is 2. The molecule has 8 aromatic carbocycles. The summed E-state index contributed by atoms with van der Waals surface area (Å²) >= 11 is 2.17. The number of hydrogen-bond acceptors (Lipinski definition) is 21. The number of methoxy groups -OCH3 is 6. The number of benzene rings is 8. The van der Waals surface area contributed by atoms with Crippen LogP contribution in [-0.4, -0.2) is 141 Å². The zero-order valence-corrected chi connectivity index (χ0v) is 55.2. The Kier molecular flexibility index (Phi) is 18.5. The Bertz CT molecular complexity index is 4890. The molecular weight excluding hydrogens is 1320 g/mol. The molecule has 94 heavy (non-hydrogen) atoms. The highest BCUT2D eigenvalue weighted by atomic mass is 127. The highest BCUT2D eigenvalue weighted by molar-refractivity contribution is 14.1. The van der Waals surface area contributed by atoms with Gasteiger partial charge in [0.15, 0.2) is 69.0 Å². The number of halogens is 1. The van der Waals surface area contributed by atoms with Crippen molar-refractivity contribution in [3.05, 3.63) is 135 Å². The van der Waals surface area contributed by atoms with E-state index in [9.17, 15) is 14.4 Å². The fourth-order valence-electron chi connectivity index (χ4n) is 11.4. The quantitative estimate of drug-likeness (QED) is 0.0410. The van der Waals surface area contributed by atoms with Crippen LogP contribution in [-0.2, 0) is 14.3 Å². The molecule has 3 aliphatic heterocycles. The molecule has 0 atom stereocenters. The molecule has 3 aromatic heterocycles. The van der Waals surface area contributed by atoms with Crippen LogP contribution in [0.2, 0.25) is 0 Å². The van der Waals surface area contributed by atoms with Crippen molar-refractivity contribution in [3.63, 3.8) is 0 Å². The molecule has 1 N–H and O–H groups in total. The summed E-state index contributed by atoms with van der Waals surface area (Å²) in [4.78, 5) is 54.8. The maximum Gasteiger partial charge on any atom is 0.338 e. The van der Waals surface area contributed by atoms with E-state index in [1.165, 1.54) is 0 Å². The summed E-state index contributed by atoms with van der Waals surface area (Å²) in [5, 5.41) is 12.3. The average Bonchev–Trinajstić information content (AvgIpc) is 0.841. The molecule has 482 valence electrons. The van der Waals surface area contributed by atoms with Crippen LogP contribution in [0.4, 0.5) is 0 Å². The summed E-state index contributed by atoms with van der Waals surface area (Å²) in [6.07, 6.45) is 7.11. The van der Waals surface area contributed by atoms with Crippen molar-refractivity contribution in [2.45, 2.75) is 13.8 Å². The number of rotatable bonds is 16. The standard InChI is InChI=1S/C25H25N3O5.C23H20INO6.C23H19NO6/c1-28(2)6-5-26-25(29)18-7-14-17-10-23-24(33-13-32-23)11-20(17)27-12-19(14)16-9-22(31-4)21(30-3)8-15(16)18;1-4-29-23(26)16(15-9-19(27-2)20(28-3)10-17(15)24)7-13-5-6-25-18-11-22-21(8-14(13)18)30-12-31-22;1-4-28-23(25)16-5-12-15-8-21-22(30-11-29-21)9-18(15)24-10-17(12)14-7-20(27-3)19(26-2)6-13(14)16/h7-12H,5-6,13H2,1-4H3,(H,26,29);5-11H,4,12H2,1-3H3;5-10H,4,11H2,1-3H3/b;16-7+;. The van der Waals surface area contributed by atoms with Gasteiger partial charge in [-0.2, -0.15) is 0 Å². The lowest BCUT2D eigenvalue weighted by Gasteiger charge is -2.16. The van der Waals surface area contributed by atoms with Crippen LogP contribution in [0.25, 0.3) is 87.4 Å². The lowest BCUT2D eigenvalue weighted by Crippen LogP contribution is -2.31. The van der Waals surface area contributed by atoms with Gasteiger partial charge in [-0.05, 0) is 162 Å². The van der Waals surface area contributed by atoms with Crippen molar-refractivity contribution >= 4 is 128 Å². The summed E-state index contributed by atoms with van der Waals surface area (Å²) in [6, 6.07) is 27.8. The van der Waals surface area contributed by atoms with Gasteiger partial charge in [-0.25, -0.2) is 9.59 Å². The van der Waals surface area contributed by atoms with Crippen LogP contribution in [0, 0.1) is 3.57 Å². The molecule has 0 radical (unpaired) electrons. The summed E-state index contributed by atoms with van der Waals surface area (Å²) in [5.74, 6) is 6.32. The van der Waals surface area contributed by atoms with Crippen LogP contribution < -0.4 is 62.2 Å². The number of likely N-dealkylation sites (N-methyl/N-ethyl adjacent to an activating group) is 1. The summed E-state index contributed by atoms with van der Waals surface area (Å²) < 4.78 is 77.4. The molecule has 23 heteroatoms. The van der Waals surface area contributed by atoms with Crippen LogP contribution in [0.5, 0.6) is 69.0 Å². The fourth-order valence-corrected chi connectivity index (χ4v) is 12.2. The Hall–Kier alpha value is -10.5. The molecule has 0 spiro atoms. The molecule has 22 nitrogen and oxygen atoms in total. The Morgan fingerprint density at radius 1 is 0.479 bits per heavy atom. The van der Waals surface area contributed by atoms with Gasteiger partial charge in [-0.1, -0.05) is 0 Å². The molecule has 14 rings (SSSR count). The van der Waals surface area contributed by atoms with Crippen LogP contribution in [0.1, 0.15) is 45.7 Å². The molecule has 0 aliphatic carbocycles. The number of ether oxygens (including phenoxy) is 14. The SMILES string of the molecule is CCOC(=O)/C(=C/c1ccnc2cc3c(cc12)OCO3)c1cc(OC)c(OC)cc1I.CCOC(=O)c1cc2c3cc4c(cc3ncc2c2cc(OC)c(OC)cc12)OCO4.COc1cc2c(C(=O)NCCN(C)C)cc3c4cc5c(cc4ncc3c2cc1OC)OCO5. The van der Waals surface area contributed by atoms with Gasteiger partial charge in [0.05, 0.1) is 83.6 Å². The van der Waals surface area contributed by atoms with E-state index in [0.717, 1.165) is 86.1 Å². The number of aromatic nitrogens is 3. The Balaban J connectivity index is 0.000000135. The maximum atomic E-state index is 13.3. The van der Waals surface area contributed by atoms with E-state index in [1.807, 2.05) is 104 Å². The Morgan fingerprint density at radius 2 is 0.894 bits per heavy atom. The largest absolute Gasteiger partial charge is 0.493 e. The van der Waals surface area contributed by atoms with Crippen molar-refractivity contribution in [2.24, 2.45) is 0 Å². The van der Waals surface area contributed by atoms with Gasteiger partial charge in [-0.3, -0.25) is 19.7 Å². The van der Waals surface area contributed by atoms with Crippen molar-refractivity contribution in [1.29, 1.82) is 0 Å². The molecule has 0 saturated carbocycles. The number of amides is 1. The van der Waals surface area contributed by atoms with E-state index in [1.54, 1.807) is 87.1 Å². The Morgan fingerprint density at radius 3 is 1.37 bits per heavy atom. The summed E-state index contributed by atoms with van der Waals surface area (Å²) in [6.45, 7) is 5.91. The van der Waals surface area contributed by atoms with Gasteiger partial charge >= 0.3 is 11.9 Å². The third kappa shape index (κ3) is 12.3. The average molecular weight is 1390 g/mol. The normalized spacial score (nSPS) is 12.6. The Labute approximate surface area is 552 Å². The van der Waals surface area contributed by atoms with Crippen LogP contribution in [0.3, 0.4) is 0 Å². The van der Waals surface area contributed by atoms with Crippen molar-refractivity contribution in [3.8, 4) is 69.0 Å². The van der Waals surface area contributed by atoms with Crippen molar-refractivity contribution in [1.82, 2.24) is 25.2 Å². The van der Waals surface area contributed by atoms with Gasteiger partial charge in [0, 0.05) is 96.9 Å². The minimum atomic E-state index is -0.432. The predicted octanol–water partition coefficient (Wildman–Crippen LogP) is 12.7. The second-order valence-electron chi connectivity index (χ2n) is 21.6. The number of carbonyl (C=O) groups is 3. The summed E-state index contributed by atoms with van der Waals surface area (Å²) in [7, 11) is 13.4. The lowest BCUT2D eigenvalue weighted by atomic mass is 9.95. The maximum absolute atomic E-state index is 13.3. The molecular formula is C71H64IN5O17. The third-order valence-electron chi connectivity index (χ3n) is 16.0. The zero-order valence-electron chi connectivity index (χ0n) is 53.0. The first-order chi connectivity index (χ1) is 45.7. The molecule has 0 saturated heterocycles. The molecule has 3 aliphatic rings. The first kappa shape index (κ1) is 63.6. The van der Waals surface area contributed by atoms with Gasteiger partial charge in [0.1, 0.15) is 0 Å². The lowest BCUT2D eigenvalue weighted by molar-refractivity contribution is -0.136. The topological polar surface area (TPSA) is 234 Å². The first-order valence-corrected chi connectivity index (χ1v) is 30.8. The van der Waals surface area contributed by atoms with E-state index in [0.29, 0.717) is 103 Å². The second-order valence-corrected chi connectivity index (χ2v) is 22.8. The molecule has 11 aromatic rings. The number of hydrogen-bond donors (Lipinski definition) is 1. The van der Waals surface area contributed by atoms with Crippen molar-refractivity contribution in [2.75, 3.05) is 103 Å². The molecule has 6 heterocycles. The first-order valence-electron chi connectivity index (χ1n) is 29.7. The highest BCUT2D eigenvalue weighted by Crippen LogP contribution is 2.46. The molecule has 0 bridgehead atoms. The predicted molar refractivity (Wildman–Crippen MR) is 363 cm³/mol. The molecule has 0 unspecified atom stereocenters. The third-order valence-corrected chi connectivity index (χ3v) is 16.9. The smallest absolute Gasteiger partial charge is 0.338 e. The monoisotopic (exact) mass is 1390 g/mol. The van der Waals surface area contributed by atoms with E-state index in [2.05, 4.69) is 42.9 Å². The number of pyridine rings is 3. The van der Waals surface area contributed by atoms with Crippen LogP contribution in [0.15, 0.2) is 110 Å². The highest BCUT2D eigenvalue weighted by Gasteiger charge is 2.26. The second kappa shape index (κ2) is 27.4. The minimum Gasteiger partial charge on any atom is -0.493 e. The van der Waals surface area contributed by atoms with Gasteiger partial charge in [0.2, 0.25) is 20.4 Å². The zero-order chi connectivity index (χ0) is 65.9. The fraction of sp³-hybridized carbons (Fsp3) is 0.239.